The van der Waals surface area contributed by atoms with E-state index in [1.54, 1.807) is 18.7 Å². The minimum Gasteiger partial charge on any atom is -0.472 e. The highest BCUT2D eigenvalue weighted by Gasteiger charge is 2.44. The van der Waals surface area contributed by atoms with E-state index in [9.17, 15) is 4.79 Å². The van der Waals surface area contributed by atoms with Gasteiger partial charge in [-0.15, -0.1) is 10.2 Å². The zero-order valence-electron chi connectivity index (χ0n) is 12.2. The molecular weight excluding hydrogens is 284 g/mol. The number of aromatic nitrogens is 3. The van der Waals surface area contributed by atoms with E-state index in [0.29, 0.717) is 24.6 Å². The largest absolute Gasteiger partial charge is 0.472 e. The number of carbonyl (C=O) groups excluding carboxylic acids is 1. The topological polar surface area (TPSA) is 73.4 Å². The number of fused-ring (bicyclic) bond motifs is 1. The van der Waals surface area contributed by atoms with Crippen molar-refractivity contribution in [3.8, 4) is 0 Å². The first-order chi connectivity index (χ1) is 10.8. The van der Waals surface area contributed by atoms with Gasteiger partial charge in [-0.2, -0.15) is 0 Å². The summed E-state index contributed by atoms with van der Waals surface area (Å²) in [4.78, 5) is 14.6. The van der Waals surface area contributed by atoms with Crippen LogP contribution in [0.1, 0.15) is 23.2 Å². The summed E-state index contributed by atoms with van der Waals surface area (Å²) >= 11 is 0. The molecule has 3 unspecified atom stereocenters. The molecule has 0 N–H and O–H groups in total. The molecule has 0 spiro atoms. The van der Waals surface area contributed by atoms with Gasteiger partial charge in [0.05, 0.1) is 30.6 Å². The number of carbonyl (C=O) groups is 1. The first-order valence-electron chi connectivity index (χ1n) is 7.60. The van der Waals surface area contributed by atoms with Crippen molar-refractivity contribution in [1.82, 2.24) is 19.7 Å². The monoisotopic (exact) mass is 302 g/mol. The average molecular weight is 302 g/mol. The molecule has 2 aliphatic rings. The fourth-order valence-corrected chi connectivity index (χ4v) is 3.65. The summed E-state index contributed by atoms with van der Waals surface area (Å²) in [6, 6.07) is 1.87. The molecule has 1 aliphatic heterocycles. The Balaban J connectivity index is 1.50. The van der Waals surface area contributed by atoms with Crippen LogP contribution < -0.4 is 0 Å². The average Bonchev–Trinajstić information content (AvgIpc) is 3.29. The molecule has 1 saturated carbocycles. The van der Waals surface area contributed by atoms with Crippen molar-refractivity contribution >= 4 is 5.91 Å². The molecule has 1 amide bonds. The van der Waals surface area contributed by atoms with Crippen LogP contribution >= 0.6 is 0 Å². The summed E-state index contributed by atoms with van der Waals surface area (Å²) in [7, 11) is 0. The van der Waals surface area contributed by atoms with Crippen LogP contribution in [-0.2, 0) is 11.3 Å². The minimum absolute atomic E-state index is 0.0389. The molecule has 4 rings (SSSR count). The lowest BCUT2D eigenvalue weighted by atomic mass is 10.0. The Morgan fingerprint density at radius 1 is 1.32 bits per heavy atom. The Bertz CT molecular complexity index is 625. The highest BCUT2D eigenvalue weighted by molar-refractivity contribution is 5.94. The molecule has 0 aromatic carbocycles. The van der Waals surface area contributed by atoms with Crippen LogP contribution in [0.15, 0.2) is 35.7 Å². The highest BCUT2D eigenvalue weighted by Crippen LogP contribution is 2.36. The number of furan rings is 1. The van der Waals surface area contributed by atoms with Gasteiger partial charge in [0, 0.05) is 19.0 Å². The second-order valence-corrected chi connectivity index (χ2v) is 5.91. The maximum Gasteiger partial charge on any atom is 0.257 e. The minimum atomic E-state index is 0.0389. The summed E-state index contributed by atoms with van der Waals surface area (Å²) in [6.45, 7) is 2.07. The first-order valence-corrected chi connectivity index (χ1v) is 7.60. The molecule has 2 aromatic rings. The van der Waals surface area contributed by atoms with Gasteiger partial charge in [-0.3, -0.25) is 4.79 Å². The van der Waals surface area contributed by atoms with Crippen LogP contribution in [0.25, 0.3) is 0 Å². The number of nitrogens with zero attached hydrogens (tertiary/aromatic N) is 4. The molecule has 7 heteroatoms. The maximum absolute atomic E-state index is 12.6. The van der Waals surface area contributed by atoms with Crippen LogP contribution in [0.2, 0.25) is 0 Å². The van der Waals surface area contributed by atoms with Crippen LogP contribution in [0.4, 0.5) is 0 Å². The van der Waals surface area contributed by atoms with E-state index in [0.717, 1.165) is 19.4 Å². The molecule has 22 heavy (non-hydrogen) atoms. The molecule has 7 nitrogen and oxygen atoms in total. The molecule has 1 aliphatic carbocycles. The van der Waals surface area contributed by atoms with Crippen molar-refractivity contribution in [2.24, 2.45) is 5.92 Å². The summed E-state index contributed by atoms with van der Waals surface area (Å²) in [6.07, 6.45) is 8.61. The Hall–Kier alpha value is -2.15. The van der Waals surface area contributed by atoms with E-state index in [2.05, 4.69) is 10.2 Å². The van der Waals surface area contributed by atoms with Gasteiger partial charge in [-0.05, 0) is 18.9 Å². The van der Waals surface area contributed by atoms with Gasteiger partial charge in [0.25, 0.3) is 5.91 Å². The van der Waals surface area contributed by atoms with Crippen LogP contribution in [0.3, 0.4) is 0 Å². The van der Waals surface area contributed by atoms with Crippen molar-refractivity contribution in [3.05, 3.63) is 36.8 Å². The number of morpholine rings is 1. The second-order valence-electron chi connectivity index (χ2n) is 5.91. The van der Waals surface area contributed by atoms with Gasteiger partial charge in [0.15, 0.2) is 0 Å². The van der Waals surface area contributed by atoms with E-state index >= 15 is 0 Å². The highest BCUT2D eigenvalue weighted by atomic mass is 16.5. The van der Waals surface area contributed by atoms with E-state index in [1.165, 1.54) is 12.5 Å². The number of rotatable bonds is 3. The first kappa shape index (κ1) is 13.5. The quantitative estimate of drug-likeness (QED) is 0.851. The van der Waals surface area contributed by atoms with Gasteiger partial charge < -0.3 is 18.6 Å². The van der Waals surface area contributed by atoms with Crippen molar-refractivity contribution in [2.45, 2.75) is 31.5 Å². The van der Waals surface area contributed by atoms with Gasteiger partial charge in [-0.1, -0.05) is 0 Å². The zero-order valence-corrected chi connectivity index (χ0v) is 12.2. The zero-order chi connectivity index (χ0) is 14.9. The standard InChI is InChI=1S/C15H18N4O3/c20-15(12-3-5-21-8-12)19-4-6-22-14-11(1-2-13(14)19)7-18-9-16-17-10-18/h3,5,8-11,13-14H,1-2,4,6-7H2. The summed E-state index contributed by atoms with van der Waals surface area (Å²) < 4.78 is 13.0. The third-order valence-corrected chi connectivity index (χ3v) is 4.66. The smallest absolute Gasteiger partial charge is 0.257 e. The lowest BCUT2D eigenvalue weighted by molar-refractivity contribution is -0.0645. The van der Waals surface area contributed by atoms with E-state index < -0.39 is 0 Å². The molecule has 3 heterocycles. The third kappa shape index (κ3) is 2.31. The molecule has 2 fully saturated rings. The number of hydrogen-bond acceptors (Lipinski definition) is 5. The van der Waals surface area contributed by atoms with Crippen LogP contribution in [-0.4, -0.2) is 50.9 Å². The SMILES string of the molecule is O=C(c1ccoc1)N1CCOC2C(Cn3cnnc3)CCC21. The third-order valence-electron chi connectivity index (χ3n) is 4.66. The van der Waals surface area contributed by atoms with Crippen LogP contribution in [0.5, 0.6) is 0 Å². The molecular formula is C15H18N4O3. The summed E-state index contributed by atoms with van der Waals surface area (Å²) in [5, 5.41) is 7.68. The predicted octanol–water partition coefficient (Wildman–Crippen LogP) is 1.19. The summed E-state index contributed by atoms with van der Waals surface area (Å²) in [5.41, 5.74) is 0.614. The van der Waals surface area contributed by atoms with Gasteiger partial charge in [-0.25, -0.2) is 0 Å². The molecule has 0 radical (unpaired) electrons. The van der Waals surface area contributed by atoms with E-state index in [-0.39, 0.29) is 18.1 Å². The molecule has 0 bridgehead atoms. The van der Waals surface area contributed by atoms with Gasteiger partial charge >= 0.3 is 0 Å². The fraction of sp³-hybridized carbons (Fsp3) is 0.533. The number of amides is 1. The number of ether oxygens (including phenoxy) is 1. The Morgan fingerprint density at radius 2 is 2.18 bits per heavy atom. The number of hydrogen-bond donors (Lipinski definition) is 0. The predicted molar refractivity (Wildman–Crippen MR) is 76.0 cm³/mol. The normalized spacial score (nSPS) is 27.8. The van der Waals surface area contributed by atoms with Crippen molar-refractivity contribution in [2.75, 3.05) is 13.2 Å². The molecule has 116 valence electrons. The summed E-state index contributed by atoms with van der Waals surface area (Å²) in [5.74, 6) is 0.429. The van der Waals surface area contributed by atoms with Crippen molar-refractivity contribution in [3.63, 3.8) is 0 Å². The molecule has 2 aromatic heterocycles. The van der Waals surface area contributed by atoms with Gasteiger partial charge in [0.2, 0.25) is 0 Å². The fourth-order valence-electron chi connectivity index (χ4n) is 3.65. The lowest BCUT2D eigenvalue weighted by Gasteiger charge is -2.39. The van der Waals surface area contributed by atoms with Crippen molar-refractivity contribution < 1.29 is 13.9 Å². The van der Waals surface area contributed by atoms with Crippen LogP contribution in [0, 0.1) is 5.92 Å². The molecule has 3 atom stereocenters. The van der Waals surface area contributed by atoms with Crippen molar-refractivity contribution in [1.29, 1.82) is 0 Å². The second kappa shape index (κ2) is 5.57. The van der Waals surface area contributed by atoms with E-state index in [4.69, 9.17) is 9.15 Å². The Labute approximate surface area is 127 Å². The molecule has 1 saturated heterocycles. The van der Waals surface area contributed by atoms with E-state index in [1.807, 2.05) is 9.47 Å². The maximum atomic E-state index is 12.6. The Kier molecular flexibility index (Phi) is 3.42. The van der Waals surface area contributed by atoms with Gasteiger partial charge in [0.1, 0.15) is 18.9 Å². The Morgan fingerprint density at radius 3 is 2.95 bits per heavy atom. The lowest BCUT2D eigenvalue weighted by Crippen LogP contribution is -2.52.